The predicted molar refractivity (Wildman–Crippen MR) is 161 cm³/mol. The Morgan fingerprint density at radius 1 is 1.18 bits per heavy atom. The van der Waals surface area contributed by atoms with Crippen molar-refractivity contribution in [1.82, 2.24) is 9.80 Å². The highest BCUT2D eigenvalue weighted by Crippen LogP contribution is 2.31. The van der Waals surface area contributed by atoms with E-state index < -0.39 is 5.60 Å². The van der Waals surface area contributed by atoms with Gasteiger partial charge in [-0.1, -0.05) is 36.8 Å². The predicted octanol–water partition coefficient (Wildman–Crippen LogP) is 7.03. The third kappa shape index (κ3) is 9.43. The minimum Gasteiger partial charge on any atom is -0.444 e. The van der Waals surface area contributed by atoms with Crippen LogP contribution in [0.1, 0.15) is 68.2 Å². The monoisotopic (exact) mass is 519 g/mol. The van der Waals surface area contributed by atoms with Crippen molar-refractivity contribution in [3.8, 4) is 0 Å². The third-order valence-electron chi connectivity index (χ3n) is 6.24. The molecule has 1 aliphatic carbocycles. The van der Waals surface area contributed by atoms with Crippen LogP contribution in [0.3, 0.4) is 0 Å². The summed E-state index contributed by atoms with van der Waals surface area (Å²) in [7, 11) is 0. The lowest BCUT2D eigenvalue weighted by molar-refractivity contribution is -0.00510. The lowest BCUT2D eigenvalue weighted by Crippen LogP contribution is -2.60. The molecule has 0 atom stereocenters. The standard InChI is InChI=1S/C31H45N5O2/c1-10-24(3)12-17-28(36-21-20-35(23-31(36,7)8)29(37)38-30(4,5)6)27(11-2)34-22-25-13-15-26(16-14-25)33-19-18-32-9/h11-15,17-19,22H,9-10,16,20-21,23H2,1-8H3/b19-18-,24-12+,27-11+,28-17+,33-26?,34-22?. The molecule has 206 valence electrons. The molecule has 0 aromatic carbocycles. The molecule has 0 aromatic rings. The van der Waals surface area contributed by atoms with Crippen LogP contribution in [0.4, 0.5) is 4.79 Å². The van der Waals surface area contributed by atoms with Gasteiger partial charge in [0.1, 0.15) is 5.60 Å². The maximum Gasteiger partial charge on any atom is 0.410 e. The summed E-state index contributed by atoms with van der Waals surface area (Å²) < 4.78 is 5.65. The van der Waals surface area contributed by atoms with E-state index in [9.17, 15) is 4.79 Å². The molecule has 0 unspecified atom stereocenters. The first kappa shape index (κ1) is 30.7. The average Bonchev–Trinajstić information content (AvgIpc) is 2.85. The van der Waals surface area contributed by atoms with Crippen LogP contribution < -0.4 is 0 Å². The van der Waals surface area contributed by atoms with E-state index >= 15 is 0 Å². The van der Waals surface area contributed by atoms with Gasteiger partial charge in [0.15, 0.2) is 0 Å². The highest BCUT2D eigenvalue weighted by atomic mass is 16.6. The van der Waals surface area contributed by atoms with Crippen molar-refractivity contribution in [3.63, 3.8) is 0 Å². The van der Waals surface area contributed by atoms with E-state index in [0.29, 0.717) is 19.6 Å². The van der Waals surface area contributed by atoms with Crippen LogP contribution in [-0.4, -0.2) is 65.3 Å². The fourth-order valence-electron chi connectivity index (χ4n) is 4.09. The van der Waals surface area contributed by atoms with Gasteiger partial charge in [0.2, 0.25) is 0 Å². The van der Waals surface area contributed by atoms with Gasteiger partial charge in [0.05, 0.1) is 16.9 Å². The number of carbonyl (C=O) groups excluding carboxylic acids is 1. The van der Waals surface area contributed by atoms with E-state index in [4.69, 9.17) is 9.73 Å². The number of hydrogen-bond donors (Lipinski definition) is 0. The highest BCUT2D eigenvalue weighted by Gasteiger charge is 2.38. The summed E-state index contributed by atoms with van der Waals surface area (Å²) in [6.07, 6.45) is 19.0. The Labute approximate surface area is 229 Å². The van der Waals surface area contributed by atoms with Gasteiger partial charge in [-0.15, -0.1) is 0 Å². The summed E-state index contributed by atoms with van der Waals surface area (Å²) in [5, 5.41) is 0. The SMILES string of the molecule is C=N/C=C\N=C1C=CC(C=NC(=C/C)/C(=C\C=C(/C)CC)N2CCN(C(=O)OC(C)(C)C)CC2(C)C)=CC1. The smallest absolute Gasteiger partial charge is 0.410 e. The van der Waals surface area contributed by atoms with Crippen molar-refractivity contribution in [2.75, 3.05) is 19.6 Å². The van der Waals surface area contributed by atoms with E-state index in [0.717, 1.165) is 35.5 Å². The van der Waals surface area contributed by atoms with Gasteiger partial charge in [-0.3, -0.25) is 15.0 Å². The molecule has 1 fully saturated rings. The topological polar surface area (TPSA) is 69.9 Å². The normalized spacial score (nSPS) is 20.5. The van der Waals surface area contributed by atoms with Crippen molar-refractivity contribution in [3.05, 3.63) is 71.4 Å². The Hall–Kier alpha value is -3.48. The molecule has 0 spiro atoms. The molecule has 38 heavy (non-hydrogen) atoms. The van der Waals surface area contributed by atoms with Crippen LogP contribution in [0.2, 0.25) is 0 Å². The van der Waals surface area contributed by atoms with Crippen molar-refractivity contribution in [1.29, 1.82) is 0 Å². The first-order valence-electron chi connectivity index (χ1n) is 13.3. The summed E-state index contributed by atoms with van der Waals surface area (Å²) >= 11 is 0. The maximum absolute atomic E-state index is 12.8. The lowest BCUT2D eigenvalue weighted by Gasteiger charge is -2.49. The Balaban J connectivity index is 2.30. The van der Waals surface area contributed by atoms with Crippen molar-refractivity contribution >= 4 is 24.7 Å². The molecule has 1 heterocycles. The molecule has 0 aromatic heterocycles. The lowest BCUT2D eigenvalue weighted by atomic mass is 9.96. The molecule has 1 saturated heterocycles. The van der Waals surface area contributed by atoms with Crippen LogP contribution in [0, 0.1) is 0 Å². The Morgan fingerprint density at radius 2 is 1.92 bits per heavy atom. The fraction of sp³-hybridized carbons (Fsp3) is 0.484. The van der Waals surface area contributed by atoms with Crippen LogP contribution in [0.5, 0.6) is 0 Å². The van der Waals surface area contributed by atoms with E-state index in [1.807, 2.05) is 57.0 Å². The average molecular weight is 520 g/mol. The number of ether oxygens (including phenoxy) is 1. The fourth-order valence-corrected chi connectivity index (χ4v) is 4.09. The van der Waals surface area contributed by atoms with Crippen LogP contribution >= 0.6 is 0 Å². The summed E-state index contributed by atoms with van der Waals surface area (Å²) in [5.41, 5.74) is 4.36. The largest absolute Gasteiger partial charge is 0.444 e. The highest BCUT2D eigenvalue weighted by molar-refractivity contribution is 6.01. The molecule has 0 radical (unpaired) electrons. The number of hydrogen-bond acceptors (Lipinski definition) is 6. The van der Waals surface area contributed by atoms with E-state index in [-0.39, 0.29) is 11.6 Å². The third-order valence-corrected chi connectivity index (χ3v) is 6.24. The molecule has 0 saturated carbocycles. The van der Waals surface area contributed by atoms with Crippen LogP contribution in [0.15, 0.2) is 86.4 Å². The number of piperazine rings is 1. The van der Waals surface area contributed by atoms with Gasteiger partial charge in [0.25, 0.3) is 0 Å². The molecular weight excluding hydrogens is 474 g/mol. The second-order valence-electron chi connectivity index (χ2n) is 11.1. The van der Waals surface area contributed by atoms with Gasteiger partial charge in [-0.05, 0) is 79.3 Å². The first-order valence-corrected chi connectivity index (χ1v) is 13.3. The van der Waals surface area contributed by atoms with Gasteiger partial charge >= 0.3 is 6.09 Å². The number of aliphatic imine (C=N–C) groups is 3. The summed E-state index contributed by atoms with van der Waals surface area (Å²) in [5.74, 6) is 0. The van der Waals surface area contributed by atoms with E-state index in [2.05, 4.69) is 67.5 Å². The van der Waals surface area contributed by atoms with Gasteiger partial charge in [0, 0.05) is 50.4 Å². The summed E-state index contributed by atoms with van der Waals surface area (Å²) in [6, 6.07) is 0. The van der Waals surface area contributed by atoms with Gasteiger partial charge in [-0.2, -0.15) is 0 Å². The van der Waals surface area contributed by atoms with Gasteiger partial charge < -0.3 is 14.5 Å². The Morgan fingerprint density at radius 3 is 2.47 bits per heavy atom. The van der Waals surface area contributed by atoms with Crippen LogP contribution in [0.25, 0.3) is 0 Å². The maximum atomic E-state index is 12.8. The summed E-state index contributed by atoms with van der Waals surface area (Å²) in [6.45, 7) is 21.5. The van der Waals surface area contributed by atoms with Crippen molar-refractivity contribution in [2.45, 2.75) is 79.4 Å². The zero-order valence-corrected chi connectivity index (χ0v) is 24.5. The minimum atomic E-state index is -0.521. The van der Waals surface area contributed by atoms with Crippen molar-refractivity contribution in [2.24, 2.45) is 15.0 Å². The molecule has 1 amide bonds. The number of allylic oxidation sites excluding steroid dienone is 8. The molecule has 7 nitrogen and oxygen atoms in total. The molecule has 2 rings (SSSR count). The van der Waals surface area contributed by atoms with E-state index in [1.54, 1.807) is 12.4 Å². The number of carbonyl (C=O) groups is 1. The number of nitrogens with zero attached hydrogens (tertiary/aromatic N) is 5. The Kier molecular flexibility index (Phi) is 11.2. The molecule has 2 aliphatic rings. The second-order valence-corrected chi connectivity index (χ2v) is 11.1. The first-order chi connectivity index (χ1) is 17.9. The Bertz CT molecular complexity index is 1110. The minimum absolute atomic E-state index is 0.267. The van der Waals surface area contributed by atoms with Crippen molar-refractivity contribution < 1.29 is 9.53 Å². The quantitative estimate of drug-likeness (QED) is 0.255. The zero-order valence-electron chi connectivity index (χ0n) is 24.5. The zero-order chi connectivity index (χ0) is 28.3. The molecule has 0 bridgehead atoms. The number of amides is 1. The molecular formula is C31H45N5O2. The molecule has 1 aliphatic heterocycles. The van der Waals surface area contributed by atoms with E-state index in [1.165, 1.54) is 5.57 Å². The van der Waals surface area contributed by atoms with Crippen LogP contribution in [-0.2, 0) is 4.74 Å². The second kappa shape index (κ2) is 13.9. The number of rotatable bonds is 8. The molecule has 7 heteroatoms. The van der Waals surface area contributed by atoms with Gasteiger partial charge in [-0.25, -0.2) is 4.79 Å². The molecule has 0 N–H and O–H groups in total. The summed E-state index contributed by atoms with van der Waals surface area (Å²) in [4.78, 5) is 29.9.